The molecular weight excluding hydrogens is 258 g/mol. The molecule has 0 aliphatic rings. The minimum absolute atomic E-state index is 0.198. The fourth-order valence-electron chi connectivity index (χ4n) is 2.75. The smallest absolute Gasteiger partial charge is 0.0781 e. The number of aryl methyl sites for hydroxylation is 3. The zero-order valence-corrected chi connectivity index (χ0v) is 13.6. The number of aliphatic hydroxyl groups excluding tert-OH is 1. The van der Waals surface area contributed by atoms with Gasteiger partial charge in [-0.2, -0.15) is 0 Å². The molecule has 2 aromatic carbocycles. The molecule has 2 heteroatoms. The molecule has 21 heavy (non-hydrogen) atoms. The van der Waals surface area contributed by atoms with E-state index in [-0.39, 0.29) is 6.04 Å². The van der Waals surface area contributed by atoms with Crippen LogP contribution in [0.1, 0.15) is 53.8 Å². The Labute approximate surface area is 127 Å². The normalized spacial score (nSPS) is 13.8. The van der Waals surface area contributed by atoms with Gasteiger partial charge in [-0.1, -0.05) is 30.3 Å². The van der Waals surface area contributed by atoms with Crippen LogP contribution < -0.4 is 5.32 Å². The van der Waals surface area contributed by atoms with Crippen LogP contribution in [0.25, 0.3) is 0 Å². The standard InChI is InChI=1S/C19H25NO/c1-12-10-14(3)18(11-13(12)2)15(4)20-19-9-7-6-8-17(19)16(5)21/h6-11,15-16,20-21H,1-5H3. The summed E-state index contributed by atoms with van der Waals surface area (Å²) in [6.07, 6.45) is -0.471. The molecule has 2 unspecified atom stereocenters. The maximum absolute atomic E-state index is 9.88. The monoisotopic (exact) mass is 283 g/mol. The number of benzene rings is 2. The summed E-state index contributed by atoms with van der Waals surface area (Å²) >= 11 is 0. The summed E-state index contributed by atoms with van der Waals surface area (Å²) in [5, 5.41) is 13.4. The van der Waals surface area contributed by atoms with E-state index in [1.807, 2.05) is 24.3 Å². The summed E-state index contributed by atoms with van der Waals surface area (Å²) in [6, 6.07) is 12.6. The Kier molecular flexibility index (Phi) is 4.69. The number of rotatable bonds is 4. The first-order chi connectivity index (χ1) is 9.90. The molecule has 2 aromatic rings. The predicted molar refractivity (Wildman–Crippen MR) is 89.8 cm³/mol. The van der Waals surface area contributed by atoms with Crippen LogP contribution in [-0.2, 0) is 0 Å². The Balaban J connectivity index is 2.30. The van der Waals surface area contributed by atoms with Gasteiger partial charge in [0, 0.05) is 17.3 Å². The zero-order chi connectivity index (χ0) is 15.6. The predicted octanol–water partition coefficient (Wildman–Crippen LogP) is 4.84. The Morgan fingerprint density at radius 1 is 0.857 bits per heavy atom. The van der Waals surface area contributed by atoms with Crippen LogP contribution in [0, 0.1) is 20.8 Å². The first kappa shape index (κ1) is 15.6. The lowest BCUT2D eigenvalue weighted by molar-refractivity contribution is 0.200. The molecule has 112 valence electrons. The summed E-state index contributed by atoms with van der Waals surface area (Å²) in [7, 11) is 0. The third-order valence-corrected chi connectivity index (χ3v) is 4.13. The summed E-state index contributed by atoms with van der Waals surface area (Å²) in [4.78, 5) is 0. The number of aliphatic hydroxyl groups is 1. The van der Waals surface area contributed by atoms with Crippen LogP contribution in [0.2, 0.25) is 0 Å². The van der Waals surface area contributed by atoms with Crippen LogP contribution in [0.4, 0.5) is 5.69 Å². The van der Waals surface area contributed by atoms with Crippen molar-refractivity contribution in [3.8, 4) is 0 Å². The SMILES string of the molecule is Cc1cc(C)c(C(C)Nc2ccccc2C(C)O)cc1C. The van der Waals surface area contributed by atoms with Gasteiger partial charge in [-0.25, -0.2) is 0 Å². The van der Waals surface area contributed by atoms with Crippen molar-refractivity contribution < 1.29 is 5.11 Å². The summed E-state index contributed by atoms with van der Waals surface area (Å²) in [6.45, 7) is 10.4. The van der Waals surface area contributed by atoms with Gasteiger partial charge in [0.05, 0.1) is 6.10 Å². The van der Waals surface area contributed by atoms with E-state index in [4.69, 9.17) is 0 Å². The quantitative estimate of drug-likeness (QED) is 0.841. The van der Waals surface area contributed by atoms with Gasteiger partial charge in [0.2, 0.25) is 0 Å². The minimum Gasteiger partial charge on any atom is -0.389 e. The fourth-order valence-corrected chi connectivity index (χ4v) is 2.75. The average molecular weight is 283 g/mol. The summed E-state index contributed by atoms with van der Waals surface area (Å²) in [5.41, 5.74) is 7.18. The summed E-state index contributed by atoms with van der Waals surface area (Å²) < 4.78 is 0. The van der Waals surface area contributed by atoms with Gasteiger partial charge in [0.15, 0.2) is 0 Å². The molecule has 2 atom stereocenters. The lowest BCUT2D eigenvalue weighted by Gasteiger charge is -2.22. The number of hydrogen-bond donors (Lipinski definition) is 2. The van der Waals surface area contributed by atoms with Gasteiger partial charge in [-0.3, -0.25) is 0 Å². The maximum Gasteiger partial charge on any atom is 0.0781 e. The van der Waals surface area contributed by atoms with Gasteiger partial charge >= 0.3 is 0 Å². The Bertz CT molecular complexity index is 631. The molecule has 0 aliphatic carbocycles. The topological polar surface area (TPSA) is 32.3 Å². The van der Waals surface area contributed by atoms with Crippen LogP contribution in [0.15, 0.2) is 36.4 Å². The highest BCUT2D eigenvalue weighted by molar-refractivity contribution is 5.54. The maximum atomic E-state index is 9.88. The van der Waals surface area contributed by atoms with Gasteiger partial charge < -0.3 is 10.4 Å². The number of nitrogens with one attached hydrogen (secondary N) is 1. The van der Waals surface area contributed by atoms with E-state index in [9.17, 15) is 5.11 Å². The molecule has 0 saturated heterocycles. The number of anilines is 1. The van der Waals surface area contributed by atoms with E-state index in [1.54, 1.807) is 6.92 Å². The second kappa shape index (κ2) is 6.31. The van der Waals surface area contributed by atoms with E-state index in [0.29, 0.717) is 0 Å². The van der Waals surface area contributed by atoms with Crippen molar-refractivity contribution in [2.45, 2.75) is 46.8 Å². The molecule has 0 saturated carbocycles. The molecule has 0 heterocycles. The molecule has 2 nitrogen and oxygen atoms in total. The molecule has 0 aliphatic heterocycles. The number of para-hydroxylation sites is 1. The Hall–Kier alpha value is -1.80. The van der Waals surface area contributed by atoms with Crippen molar-refractivity contribution in [3.63, 3.8) is 0 Å². The molecule has 2 N–H and O–H groups in total. The Morgan fingerprint density at radius 3 is 2.14 bits per heavy atom. The van der Waals surface area contributed by atoms with Crippen molar-refractivity contribution >= 4 is 5.69 Å². The van der Waals surface area contributed by atoms with Crippen molar-refractivity contribution in [3.05, 3.63) is 64.2 Å². The van der Waals surface area contributed by atoms with Gasteiger partial charge in [0.1, 0.15) is 0 Å². The lowest BCUT2D eigenvalue weighted by Crippen LogP contribution is -2.11. The fraction of sp³-hybridized carbons (Fsp3) is 0.368. The molecular formula is C19H25NO. The first-order valence-corrected chi connectivity index (χ1v) is 7.51. The van der Waals surface area contributed by atoms with Crippen LogP contribution in [0.3, 0.4) is 0 Å². The van der Waals surface area contributed by atoms with Gasteiger partial charge in [-0.15, -0.1) is 0 Å². The Morgan fingerprint density at radius 2 is 1.48 bits per heavy atom. The van der Waals surface area contributed by atoms with Crippen molar-refractivity contribution in [2.75, 3.05) is 5.32 Å². The molecule has 0 fully saturated rings. The van der Waals surface area contributed by atoms with E-state index in [0.717, 1.165) is 11.3 Å². The highest BCUT2D eigenvalue weighted by Crippen LogP contribution is 2.28. The van der Waals surface area contributed by atoms with Crippen LogP contribution in [-0.4, -0.2) is 5.11 Å². The average Bonchev–Trinajstić information content (AvgIpc) is 2.43. The van der Waals surface area contributed by atoms with Crippen molar-refractivity contribution in [2.24, 2.45) is 0 Å². The van der Waals surface area contributed by atoms with E-state index in [1.165, 1.54) is 22.3 Å². The molecule has 0 amide bonds. The largest absolute Gasteiger partial charge is 0.389 e. The third kappa shape index (κ3) is 3.45. The van der Waals surface area contributed by atoms with Crippen molar-refractivity contribution in [1.29, 1.82) is 0 Å². The first-order valence-electron chi connectivity index (χ1n) is 7.51. The van der Waals surface area contributed by atoms with Gasteiger partial charge in [0.25, 0.3) is 0 Å². The van der Waals surface area contributed by atoms with Gasteiger partial charge in [-0.05, 0) is 62.9 Å². The van der Waals surface area contributed by atoms with E-state index in [2.05, 4.69) is 45.1 Å². The van der Waals surface area contributed by atoms with Crippen LogP contribution >= 0.6 is 0 Å². The zero-order valence-electron chi connectivity index (χ0n) is 13.6. The second-order valence-electron chi connectivity index (χ2n) is 5.92. The highest BCUT2D eigenvalue weighted by atomic mass is 16.3. The third-order valence-electron chi connectivity index (χ3n) is 4.13. The second-order valence-corrected chi connectivity index (χ2v) is 5.92. The highest BCUT2D eigenvalue weighted by Gasteiger charge is 2.13. The number of hydrogen-bond acceptors (Lipinski definition) is 2. The summed E-state index contributed by atoms with van der Waals surface area (Å²) in [5.74, 6) is 0. The molecule has 2 rings (SSSR count). The molecule has 0 bridgehead atoms. The van der Waals surface area contributed by atoms with Crippen molar-refractivity contribution in [1.82, 2.24) is 0 Å². The molecule has 0 aromatic heterocycles. The molecule has 0 radical (unpaired) electrons. The van der Waals surface area contributed by atoms with Crippen LogP contribution in [0.5, 0.6) is 0 Å². The van der Waals surface area contributed by atoms with E-state index < -0.39 is 6.10 Å². The van der Waals surface area contributed by atoms with E-state index >= 15 is 0 Å². The lowest BCUT2D eigenvalue weighted by atomic mass is 9.96. The minimum atomic E-state index is -0.471. The molecule has 0 spiro atoms.